The van der Waals surface area contributed by atoms with Crippen LogP contribution in [-0.4, -0.2) is 0 Å². The standard InChI is InChI=1S/2C12H20/c1-8-11-4-9-3-10(5-11)7-12(8,2)6-9;1-3-9-4-2-6-11-8-7-10(5-1)12(9)11/h8-11H,3-7H2,1-2H3;9-12H,1-8H2. The van der Waals surface area contributed by atoms with Crippen molar-refractivity contribution in [2.75, 3.05) is 0 Å². The molecule has 0 saturated heterocycles. The van der Waals surface area contributed by atoms with E-state index in [1.807, 2.05) is 0 Å². The highest BCUT2D eigenvalue weighted by molar-refractivity contribution is 5.02. The summed E-state index contributed by atoms with van der Waals surface area (Å²) in [5, 5.41) is 0. The molecule has 7 fully saturated rings. The Bertz CT molecular complexity index is 433. The molecule has 0 amide bonds. The highest BCUT2D eigenvalue weighted by atomic mass is 14.6. The van der Waals surface area contributed by atoms with Crippen LogP contribution in [0, 0.1) is 52.8 Å². The third-order valence-electron chi connectivity index (χ3n) is 10.1. The van der Waals surface area contributed by atoms with Gasteiger partial charge in [-0.1, -0.05) is 52.4 Å². The van der Waals surface area contributed by atoms with Crippen LogP contribution in [0.3, 0.4) is 0 Å². The Kier molecular flexibility index (Phi) is 4.06. The van der Waals surface area contributed by atoms with Gasteiger partial charge in [0.05, 0.1) is 0 Å². The van der Waals surface area contributed by atoms with E-state index in [1.165, 1.54) is 23.7 Å². The van der Waals surface area contributed by atoms with E-state index in [-0.39, 0.29) is 0 Å². The summed E-state index contributed by atoms with van der Waals surface area (Å²) in [6, 6.07) is 0. The Morgan fingerprint density at radius 3 is 1.62 bits per heavy atom. The van der Waals surface area contributed by atoms with Gasteiger partial charge >= 0.3 is 0 Å². The maximum Gasteiger partial charge on any atom is -0.0292 e. The summed E-state index contributed by atoms with van der Waals surface area (Å²) in [5.74, 6) is 9.12. The smallest absolute Gasteiger partial charge is 0.0292 e. The van der Waals surface area contributed by atoms with Crippen molar-refractivity contribution in [3.8, 4) is 0 Å². The van der Waals surface area contributed by atoms with Gasteiger partial charge in [-0.3, -0.25) is 0 Å². The van der Waals surface area contributed by atoms with Crippen LogP contribution < -0.4 is 0 Å². The minimum Gasteiger partial charge on any atom is -0.0617 e. The molecule has 0 nitrogen and oxygen atoms in total. The van der Waals surface area contributed by atoms with E-state index in [2.05, 4.69) is 13.8 Å². The van der Waals surface area contributed by atoms with E-state index in [9.17, 15) is 0 Å². The highest BCUT2D eigenvalue weighted by Gasteiger charge is 2.52. The molecule has 5 unspecified atom stereocenters. The predicted molar refractivity (Wildman–Crippen MR) is 102 cm³/mol. The minimum atomic E-state index is 0.759. The molecular formula is C24H40. The second-order valence-corrected chi connectivity index (χ2v) is 11.3. The molecule has 4 bridgehead atoms. The Morgan fingerprint density at radius 1 is 0.625 bits per heavy atom. The SMILES string of the molecule is C1CC2CCCC3CCC(C1)C23.CC1C2CC3CC(C2)CC1(C)C3. The van der Waals surface area contributed by atoms with Gasteiger partial charge in [0.15, 0.2) is 0 Å². The van der Waals surface area contributed by atoms with Crippen LogP contribution >= 0.6 is 0 Å². The lowest BCUT2D eigenvalue weighted by Gasteiger charge is -2.59. The molecule has 0 aromatic heterocycles. The van der Waals surface area contributed by atoms with Crippen LogP contribution in [0.15, 0.2) is 0 Å². The molecule has 7 aliphatic carbocycles. The molecule has 0 N–H and O–H groups in total. The quantitative estimate of drug-likeness (QED) is 0.445. The first-order chi connectivity index (χ1) is 11.6. The lowest BCUT2D eigenvalue weighted by Crippen LogP contribution is -2.50. The van der Waals surface area contributed by atoms with Crippen molar-refractivity contribution in [1.29, 1.82) is 0 Å². The monoisotopic (exact) mass is 328 g/mol. The third kappa shape index (κ3) is 2.61. The van der Waals surface area contributed by atoms with Crippen LogP contribution in [0.4, 0.5) is 0 Å². The lowest BCUT2D eigenvalue weighted by molar-refractivity contribution is -0.0906. The predicted octanol–water partition coefficient (Wildman–Crippen LogP) is 7.08. The second-order valence-electron chi connectivity index (χ2n) is 11.3. The summed E-state index contributed by atoms with van der Waals surface area (Å²) in [6.45, 7) is 5.07. The van der Waals surface area contributed by atoms with Gasteiger partial charge in [0.25, 0.3) is 0 Å². The van der Waals surface area contributed by atoms with E-state index in [4.69, 9.17) is 0 Å². The lowest BCUT2D eigenvalue weighted by atomic mass is 9.46. The van der Waals surface area contributed by atoms with Crippen molar-refractivity contribution in [3.63, 3.8) is 0 Å². The Labute approximate surface area is 150 Å². The summed E-state index contributed by atoms with van der Waals surface area (Å²) in [6.07, 6.45) is 20.5. The molecule has 0 aromatic carbocycles. The van der Waals surface area contributed by atoms with Gasteiger partial charge in [0, 0.05) is 0 Å². The van der Waals surface area contributed by atoms with Gasteiger partial charge in [-0.2, -0.15) is 0 Å². The van der Waals surface area contributed by atoms with Crippen molar-refractivity contribution >= 4 is 0 Å². The van der Waals surface area contributed by atoms with E-state index < -0.39 is 0 Å². The Morgan fingerprint density at radius 2 is 1.12 bits per heavy atom. The third-order valence-corrected chi connectivity index (χ3v) is 10.1. The van der Waals surface area contributed by atoms with Crippen LogP contribution in [0.2, 0.25) is 0 Å². The van der Waals surface area contributed by atoms with Gasteiger partial charge in [0.2, 0.25) is 0 Å². The van der Waals surface area contributed by atoms with E-state index in [1.54, 1.807) is 83.5 Å². The molecule has 0 spiro atoms. The highest BCUT2D eigenvalue weighted by Crippen LogP contribution is 2.62. The second kappa shape index (κ2) is 6.02. The summed E-state index contributed by atoms with van der Waals surface area (Å²) in [7, 11) is 0. The molecule has 0 heterocycles. The van der Waals surface area contributed by atoms with E-state index in [0.29, 0.717) is 0 Å². The van der Waals surface area contributed by atoms with Crippen molar-refractivity contribution in [3.05, 3.63) is 0 Å². The number of rotatable bonds is 0. The van der Waals surface area contributed by atoms with Gasteiger partial charge < -0.3 is 0 Å². The molecule has 136 valence electrons. The molecule has 7 saturated carbocycles. The first kappa shape index (κ1) is 16.2. The maximum absolute atomic E-state index is 2.56. The van der Waals surface area contributed by atoms with Gasteiger partial charge in [-0.05, 0) is 97.7 Å². The first-order valence-corrected chi connectivity index (χ1v) is 11.6. The topological polar surface area (TPSA) is 0 Å². The maximum atomic E-state index is 2.56. The van der Waals surface area contributed by atoms with Crippen molar-refractivity contribution in [2.45, 2.75) is 97.3 Å². The molecular weight excluding hydrogens is 288 g/mol. The molecule has 0 radical (unpaired) electrons. The van der Waals surface area contributed by atoms with Crippen molar-refractivity contribution in [1.82, 2.24) is 0 Å². The molecule has 7 rings (SSSR count). The van der Waals surface area contributed by atoms with Gasteiger partial charge in [0.1, 0.15) is 0 Å². The molecule has 0 heteroatoms. The average Bonchev–Trinajstić information content (AvgIpc) is 2.98. The first-order valence-electron chi connectivity index (χ1n) is 11.6. The van der Waals surface area contributed by atoms with E-state index >= 15 is 0 Å². The largest absolute Gasteiger partial charge is 0.0617 e. The zero-order chi connectivity index (χ0) is 16.3. The Hall–Kier alpha value is 0. The fraction of sp³-hybridized carbons (Fsp3) is 1.00. The van der Waals surface area contributed by atoms with Crippen LogP contribution in [-0.2, 0) is 0 Å². The zero-order valence-corrected chi connectivity index (χ0v) is 16.3. The fourth-order valence-corrected chi connectivity index (χ4v) is 9.16. The van der Waals surface area contributed by atoms with Crippen molar-refractivity contribution in [2.24, 2.45) is 52.8 Å². The Balaban J connectivity index is 0.000000109. The minimum absolute atomic E-state index is 0.759. The summed E-state index contributed by atoms with van der Waals surface area (Å²) < 4.78 is 0. The van der Waals surface area contributed by atoms with E-state index in [0.717, 1.165) is 29.1 Å². The molecule has 24 heavy (non-hydrogen) atoms. The average molecular weight is 329 g/mol. The molecule has 5 atom stereocenters. The molecule has 7 aliphatic rings. The molecule has 0 aliphatic heterocycles. The summed E-state index contributed by atoms with van der Waals surface area (Å²) >= 11 is 0. The van der Waals surface area contributed by atoms with Crippen LogP contribution in [0.5, 0.6) is 0 Å². The zero-order valence-electron chi connectivity index (χ0n) is 16.3. The number of hydrogen-bond acceptors (Lipinski definition) is 0. The van der Waals surface area contributed by atoms with Crippen molar-refractivity contribution < 1.29 is 0 Å². The molecule has 0 aromatic rings. The summed E-state index contributed by atoms with van der Waals surface area (Å²) in [4.78, 5) is 0. The van der Waals surface area contributed by atoms with Gasteiger partial charge in [-0.25, -0.2) is 0 Å². The summed E-state index contributed by atoms with van der Waals surface area (Å²) in [5.41, 5.74) is 0.759. The van der Waals surface area contributed by atoms with Gasteiger partial charge in [-0.15, -0.1) is 0 Å². The van der Waals surface area contributed by atoms with Crippen LogP contribution in [0.25, 0.3) is 0 Å². The number of hydrogen-bond donors (Lipinski definition) is 0. The van der Waals surface area contributed by atoms with Crippen LogP contribution in [0.1, 0.15) is 97.3 Å². The fourth-order valence-electron chi connectivity index (χ4n) is 9.16. The normalized spacial score (nSPS) is 57.2.